The number of fused-ring (bicyclic) bond motifs is 11. The summed E-state index contributed by atoms with van der Waals surface area (Å²) in [5.41, 5.74) is 5.50. The molecule has 0 atom stereocenters. The lowest BCUT2D eigenvalue weighted by molar-refractivity contribution is 0.362. The number of hydrogen-bond donors (Lipinski definition) is 0. The van der Waals surface area contributed by atoms with Crippen LogP contribution in [0.4, 0.5) is 0 Å². The minimum absolute atomic E-state index is 0.520. The summed E-state index contributed by atoms with van der Waals surface area (Å²) < 4.78 is 11.3. The number of hydrogen-bond acceptors (Lipinski definition) is 2. The van der Waals surface area contributed by atoms with Gasteiger partial charge in [0.05, 0.1) is 15.7 Å². The molecule has 7 aromatic rings. The highest BCUT2D eigenvalue weighted by Crippen LogP contribution is 2.48. The standard InChI is InChI=1S/C35H23NOS/c1-22-11-3-2-10-20-37-30-21-23(18-19-24(22)30)36-29-16-8-6-14-27(29)32-25-12-4-5-13-26(25)33-28-15-7-9-17-31(28)38-35(33)34(32)36/h2-19,21H,1,20H2/b10-2-,11-3-. The molecule has 0 fully saturated rings. The lowest BCUT2D eigenvalue weighted by Gasteiger charge is -2.15. The lowest BCUT2D eigenvalue weighted by atomic mass is 9.99. The van der Waals surface area contributed by atoms with Gasteiger partial charge in [-0.25, -0.2) is 0 Å². The third kappa shape index (κ3) is 3.00. The number of allylic oxidation sites excluding steroid dienone is 4. The molecular weight excluding hydrogens is 482 g/mol. The van der Waals surface area contributed by atoms with Crippen LogP contribution < -0.4 is 4.74 Å². The second-order valence-corrected chi connectivity index (χ2v) is 10.8. The van der Waals surface area contributed by atoms with Crippen LogP contribution in [0.3, 0.4) is 0 Å². The molecule has 0 amide bonds. The zero-order valence-corrected chi connectivity index (χ0v) is 21.5. The van der Waals surface area contributed by atoms with E-state index in [9.17, 15) is 0 Å². The smallest absolute Gasteiger partial charge is 0.129 e. The monoisotopic (exact) mass is 505 g/mol. The molecule has 3 heterocycles. The van der Waals surface area contributed by atoms with Gasteiger partial charge in [-0.05, 0) is 46.7 Å². The largest absolute Gasteiger partial charge is 0.489 e. The molecule has 0 saturated carbocycles. The molecule has 0 radical (unpaired) electrons. The Kier molecular flexibility index (Phi) is 4.64. The molecule has 5 aromatic carbocycles. The molecular formula is C35H23NOS. The van der Waals surface area contributed by atoms with Crippen molar-refractivity contribution >= 4 is 69.7 Å². The van der Waals surface area contributed by atoms with Crippen LogP contribution in [0, 0.1) is 0 Å². The summed E-state index contributed by atoms with van der Waals surface area (Å²) >= 11 is 1.88. The molecule has 0 unspecified atom stereocenters. The minimum Gasteiger partial charge on any atom is -0.489 e. The second kappa shape index (κ2) is 8.20. The Morgan fingerprint density at radius 2 is 1.47 bits per heavy atom. The van der Waals surface area contributed by atoms with Crippen molar-refractivity contribution in [2.45, 2.75) is 0 Å². The van der Waals surface area contributed by atoms with Gasteiger partial charge in [-0.15, -0.1) is 11.3 Å². The maximum atomic E-state index is 6.25. The number of rotatable bonds is 1. The zero-order chi connectivity index (χ0) is 25.2. The van der Waals surface area contributed by atoms with E-state index in [-0.39, 0.29) is 0 Å². The average molecular weight is 506 g/mol. The van der Waals surface area contributed by atoms with Crippen molar-refractivity contribution in [3.8, 4) is 11.4 Å². The lowest BCUT2D eigenvalue weighted by Crippen LogP contribution is -2.00. The maximum Gasteiger partial charge on any atom is 0.129 e. The molecule has 1 aliphatic rings. The van der Waals surface area contributed by atoms with Gasteiger partial charge in [-0.3, -0.25) is 0 Å². The van der Waals surface area contributed by atoms with Crippen LogP contribution in [0.2, 0.25) is 0 Å². The number of aromatic nitrogens is 1. The van der Waals surface area contributed by atoms with Crippen molar-refractivity contribution in [1.82, 2.24) is 4.57 Å². The summed E-state index contributed by atoms with van der Waals surface area (Å²) in [6, 6.07) is 32.9. The van der Waals surface area contributed by atoms with E-state index < -0.39 is 0 Å². The first-order valence-electron chi connectivity index (χ1n) is 12.8. The summed E-state index contributed by atoms with van der Waals surface area (Å²) in [7, 11) is 0. The van der Waals surface area contributed by atoms with Crippen LogP contribution in [0.1, 0.15) is 5.56 Å². The predicted molar refractivity (Wildman–Crippen MR) is 164 cm³/mol. The molecule has 2 aromatic heterocycles. The molecule has 1 aliphatic heterocycles. The fraction of sp³-hybridized carbons (Fsp3) is 0.0286. The SMILES string of the molecule is C=C1/C=C\C=C/COc2cc(-n3c4ccccc4c4c5ccccc5c5c6ccccc6sc5c43)ccc21. The fourth-order valence-electron chi connectivity index (χ4n) is 5.96. The third-order valence-electron chi connectivity index (χ3n) is 7.60. The molecule has 180 valence electrons. The average Bonchev–Trinajstić information content (AvgIpc) is 3.53. The van der Waals surface area contributed by atoms with Gasteiger partial charge >= 0.3 is 0 Å². The molecule has 0 spiro atoms. The van der Waals surface area contributed by atoms with E-state index in [2.05, 4.69) is 102 Å². The molecule has 8 rings (SSSR count). The summed E-state index contributed by atoms with van der Waals surface area (Å²) in [5, 5.41) is 7.81. The van der Waals surface area contributed by atoms with Crippen LogP contribution in [0.15, 0.2) is 122 Å². The number of nitrogens with zero attached hydrogens (tertiary/aromatic N) is 1. The topological polar surface area (TPSA) is 14.2 Å². The van der Waals surface area contributed by atoms with E-state index >= 15 is 0 Å². The Balaban J connectivity index is 1.57. The molecule has 2 nitrogen and oxygen atoms in total. The Morgan fingerprint density at radius 3 is 2.34 bits per heavy atom. The second-order valence-electron chi connectivity index (χ2n) is 9.73. The van der Waals surface area contributed by atoms with Crippen LogP contribution in [0.5, 0.6) is 5.75 Å². The summed E-state index contributed by atoms with van der Waals surface area (Å²) in [6.07, 6.45) is 8.09. The van der Waals surface area contributed by atoms with Crippen molar-refractivity contribution in [3.63, 3.8) is 0 Å². The highest BCUT2D eigenvalue weighted by Gasteiger charge is 2.22. The fourth-order valence-corrected chi connectivity index (χ4v) is 7.22. The first-order chi connectivity index (χ1) is 18.8. The summed E-state index contributed by atoms with van der Waals surface area (Å²) in [5.74, 6) is 0.850. The molecule has 3 heteroatoms. The van der Waals surface area contributed by atoms with E-state index in [1.165, 1.54) is 52.8 Å². The van der Waals surface area contributed by atoms with Gasteiger partial charge < -0.3 is 9.30 Å². The van der Waals surface area contributed by atoms with Crippen LogP contribution in [-0.4, -0.2) is 11.2 Å². The molecule has 0 saturated heterocycles. The molecule has 0 N–H and O–H groups in total. The summed E-state index contributed by atoms with van der Waals surface area (Å²) in [4.78, 5) is 0. The number of para-hydroxylation sites is 1. The highest BCUT2D eigenvalue weighted by molar-refractivity contribution is 7.27. The Labute approximate surface area is 224 Å². The minimum atomic E-state index is 0.520. The van der Waals surface area contributed by atoms with E-state index in [0.29, 0.717) is 6.61 Å². The van der Waals surface area contributed by atoms with Crippen molar-refractivity contribution in [2.24, 2.45) is 0 Å². The number of ether oxygens (including phenoxy) is 1. The van der Waals surface area contributed by atoms with Crippen molar-refractivity contribution in [2.75, 3.05) is 6.61 Å². The summed E-state index contributed by atoms with van der Waals surface area (Å²) in [6.45, 7) is 4.80. The maximum absolute atomic E-state index is 6.25. The Hall–Kier alpha value is -4.60. The van der Waals surface area contributed by atoms with Gasteiger partial charge in [0.15, 0.2) is 0 Å². The van der Waals surface area contributed by atoms with E-state index in [1.807, 2.05) is 35.6 Å². The molecule has 0 aliphatic carbocycles. The highest BCUT2D eigenvalue weighted by atomic mass is 32.1. The first-order valence-corrected chi connectivity index (χ1v) is 13.7. The van der Waals surface area contributed by atoms with Crippen molar-refractivity contribution in [1.29, 1.82) is 0 Å². The third-order valence-corrected chi connectivity index (χ3v) is 8.78. The Bertz CT molecular complexity index is 2150. The Morgan fingerprint density at radius 1 is 0.737 bits per heavy atom. The van der Waals surface area contributed by atoms with Crippen molar-refractivity contribution in [3.05, 3.63) is 127 Å². The van der Waals surface area contributed by atoms with Crippen LogP contribution in [0.25, 0.3) is 64.0 Å². The predicted octanol–water partition coefficient (Wildman–Crippen LogP) is 9.82. The van der Waals surface area contributed by atoms with Crippen LogP contribution in [-0.2, 0) is 0 Å². The van der Waals surface area contributed by atoms with Gasteiger partial charge in [0.1, 0.15) is 12.4 Å². The number of benzene rings is 5. The number of thiophene rings is 1. The van der Waals surface area contributed by atoms with Crippen LogP contribution >= 0.6 is 11.3 Å². The van der Waals surface area contributed by atoms with Gasteiger partial charge in [-0.1, -0.05) is 85.5 Å². The first kappa shape index (κ1) is 21.5. The van der Waals surface area contributed by atoms with Gasteiger partial charge in [0.2, 0.25) is 0 Å². The molecule has 0 bridgehead atoms. The molecule has 38 heavy (non-hydrogen) atoms. The normalized spacial score (nSPS) is 15.4. The van der Waals surface area contributed by atoms with E-state index in [0.717, 1.165) is 22.6 Å². The quantitative estimate of drug-likeness (QED) is 0.217. The van der Waals surface area contributed by atoms with Gasteiger partial charge in [0, 0.05) is 43.6 Å². The van der Waals surface area contributed by atoms with E-state index in [1.54, 1.807) is 0 Å². The van der Waals surface area contributed by atoms with Gasteiger partial charge in [0.25, 0.3) is 0 Å². The zero-order valence-electron chi connectivity index (χ0n) is 20.6. The van der Waals surface area contributed by atoms with Gasteiger partial charge in [-0.2, -0.15) is 0 Å². The van der Waals surface area contributed by atoms with E-state index in [4.69, 9.17) is 4.74 Å². The van der Waals surface area contributed by atoms with Crippen molar-refractivity contribution < 1.29 is 4.74 Å².